The molecule has 1 aliphatic rings. The third-order valence-electron chi connectivity index (χ3n) is 3.95. The van der Waals surface area contributed by atoms with Gasteiger partial charge in [-0.2, -0.15) is 0 Å². The standard InChI is InChI=1S/C18H21N3O2/c22-18(16-8-4-5-9-19-16)20-17(15-6-2-1-3-7-15)14-21-10-12-23-13-11-21/h1-9,17H,10-14H2,(H,20,22). The van der Waals surface area contributed by atoms with Gasteiger partial charge in [-0.25, -0.2) is 0 Å². The van der Waals surface area contributed by atoms with Crippen molar-refractivity contribution in [2.24, 2.45) is 0 Å². The first-order chi connectivity index (χ1) is 11.3. The van der Waals surface area contributed by atoms with Crippen molar-refractivity contribution in [3.63, 3.8) is 0 Å². The highest BCUT2D eigenvalue weighted by atomic mass is 16.5. The Labute approximate surface area is 136 Å². The highest BCUT2D eigenvalue weighted by Gasteiger charge is 2.20. The third-order valence-corrected chi connectivity index (χ3v) is 3.95. The molecule has 0 radical (unpaired) electrons. The van der Waals surface area contributed by atoms with Crippen molar-refractivity contribution in [1.82, 2.24) is 15.2 Å². The number of ether oxygens (including phenoxy) is 1. The fraction of sp³-hybridized carbons (Fsp3) is 0.333. The second-order valence-electron chi connectivity index (χ2n) is 5.56. The van der Waals surface area contributed by atoms with Crippen LogP contribution in [0.4, 0.5) is 0 Å². The number of hydrogen-bond acceptors (Lipinski definition) is 4. The first kappa shape index (κ1) is 15.6. The van der Waals surface area contributed by atoms with Crippen LogP contribution in [0.3, 0.4) is 0 Å². The minimum absolute atomic E-state index is 0.0659. The topological polar surface area (TPSA) is 54.5 Å². The fourth-order valence-corrected chi connectivity index (χ4v) is 2.69. The molecule has 0 bridgehead atoms. The molecule has 1 aromatic heterocycles. The van der Waals surface area contributed by atoms with Crippen LogP contribution in [0.2, 0.25) is 0 Å². The largest absolute Gasteiger partial charge is 0.379 e. The number of amides is 1. The summed E-state index contributed by atoms with van der Waals surface area (Å²) in [6, 6.07) is 15.4. The minimum Gasteiger partial charge on any atom is -0.379 e. The molecule has 2 aromatic rings. The number of carbonyl (C=O) groups is 1. The molecule has 1 atom stereocenters. The first-order valence-corrected chi connectivity index (χ1v) is 7.90. The van der Waals surface area contributed by atoms with Crippen molar-refractivity contribution in [2.45, 2.75) is 6.04 Å². The zero-order valence-corrected chi connectivity index (χ0v) is 13.0. The van der Waals surface area contributed by atoms with E-state index < -0.39 is 0 Å². The Hall–Kier alpha value is -2.24. The number of rotatable bonds is 5. The van der Waals surface area contributed by atoms with Crippen LogP contribution in [0, 0.1) is 0 Å². The number of hydrogen-bond donors (Lipinski definition) is 1. The Morgan fingerprint density at radius 3 is 2.57 bits per heavy atom. The van der Waals surface area contributed by atoms with E-state index in [0.29, 0.717) is 5.69 Å². The van der Waals surface area contributed by atoms with E-state index in [1.807, 2.05) is 36.4 Å². The smallest absolute Gasteiger partial charge is 0.270 e. The molecule has 1 aromatic carbocycles. The molecule has 0 saturated carbocycles. The average molecular weight is 311 g/mol. The summed E-state index contributed by atoms with van der Waals surface area (Å²) >= 11 is 0. The van der Waals surface area contributed by atoms with Gasteiger partial charge in [-0.3, -0.25) is 14.7 Å². The Morgan fingerprint density at radius 1 is 1.13 bits per heavy atom. The normalized spacial score (nSPS) is 16.7. The van der Waals surface area contributed by atoms with Crippen LogP contribution in [-0.4, -0.2) is 48.6 Å². The number of benzene rings is 1. The van der Waals surface area contributed by atoms with Crippen LogP contribution in [0.5, 0.6) is 0 Å². The molecule has 3 rings (SSSR count). The second kappa shape index (κ2) is 7.85. The summed E-state index contributed by atoms with van der Waals surface area (Å²) in [5, 5.41) is 3.11. The molecule has 1 saturated heterocycles. The SMILES string of the molecule is O=C(NC(CN1CCOCC1)c1ccccc1)c1ccccn1. The van der Waals surface area contributed by atoms with Gasteiger partial charge in [0.15, 0.2) is 0 Å². The molecule has 1 N–H and O–H groups in total. The molecule has 23 heavy (non-hydrogen) atoms. The van der Waals surface area contributed by atoms with E-state index in [2.05, 4.69) is 15.2 Å². The van der Waals surface area contributed by atoms with Gasteiger partial charge in [-0.15, -0.1) is 0 Å². The van der Waals surface area contributed by atoms with E-state index >= 15 is 0 Å². The Morgan fingerprint density at radius 2 is 1.87 bits per heavy atom. The number of carbonyl (C=O) groups excluding carboxylic acids is 1. The fourth-order valence-electron chi connectivity index (χ4n) is 2.69. The maximum absolute atomic E-state index is 12.5. The Bertz CT molecular complexity index is 613. The predicted molar refractivity (Wildman–Crippen MR) is 88.1 cm³/mol. The summed E-state index contributed by atoms with van der Waals surface area (Å²) in [5.41, 5.74) is 1.54. The third kappa shape index (κ3) is 4.37. The van der Waals surface area contributed by atoms with Crippen molar-refractivity contribution in [3.05, 3.63) is 66.0 Å². The summed E-state index contributed by atoms with van der Waals surface area (Å²) in [4.78, 5) is 18.9. The minimum atomic E-state index is -0.146. The molecular weight excluding hydrogens is 290 g/mol. The molecule has 1 unspecified atom stereocenters. The van der Waals surface area contributed by atoms with Gasteiger partial charge in [-0.05, 0) is 17.7 Å². The lowest BCUT2D eigenvalue weighted by molar-refractivity contribution is 0.0332. The van der Waals surface area contributed by atoms with Crippen LogP contribution < -0.4 is 5.32 Å². The molecule has 0 aliphatic carbocycles. The summed E-state index contributed by atoms with van der Waals surface area (Å²) in [7, 11) is 0. The number of aromatic nitrogens is 1. The van der Waals surface area contributed by atoms with E-state index in [-0.39, 0.29) is 11.9 Å². The molecular formula is C18H21N3O2. The Kier molecular flexibility index (Phi) is 5.34. The maximum atomic E-state index is 12.5. The van der Waals surface area contributed by atoms with Crippen molar-refractivity contribution < 1.29 is 9.53 Å². The molecule has 5 heteroatoms. The molecule has 1 amide bonds. The Balaban J connectivity index is 1.73. The van der Waals surface area contributed by atoms with Gasteiger partial charge < -0.3 is 10.1 Å². The van der Waals surface area contributed by atoms with Crippen molar-refractivity contribution in [1.29, 1.82) is 0 Å². The van der Waals surface area contributed by atoms with E-state index in [1.165, 1.54) is 0 Å². The van der Waals surface area contributed by atoms with Crippen LogP contribution in [0.1, 0.15) is 22.1 Å². The van der Waals surface area contributed by atoms with Gasteiger partial charge in [0, 0.05) is 25.8 Å². The average Bonchev–Trinajstić information content (AvgIpc) is 2.63. The van der Waals surface area contributed by atoms with Crippen LogP contribution in [0.15, 0.2) is 54.7 Å². The number of pyridine rings is 1. The quantitative estimate of drug-likeness (QED) is 0.916. The van der Waals surface area contributed by atoms with Crippen molar-refractivity contribution in [2.75, 3.05) is 32.8 Å². The summed E-state index contributed by atoms with van der Waals surface area (Å²) in [6.45, 7) is 4.04. The van der Waals surface area contributed by atoms with E-state index in [1.54, 1.807) is 18.3 Å². The lowest BCUT2D eigenvalue weighted by Crippen LogP contribution is -2.43. The van der Waals surface area contributed by atoms with Gasteiger partial charge in [0.2, 0.25) is 0 Å². The predicted octanol–water partition coefficient (Wildman–Crippen LogP) is 1.88. The first-order valence-electron chi connectivity index (χ1n) is 7.90. The molecule has 1 aliphatic heterocycles. The molecule has 120 valence electrons. The molecule has 5 nitrogen and oxygen atoms in total. The summed E-state index contributed by atoms with van der Waals surface area (Å²) in [5.74, 6) is -0.146. The summed E-state index contributed by atoms with van der Waals surface area (Å²) < 4.78 is 5.40. The molecule has 1 fully saturated rings. The van der Waals surface area contributed by atoms with E-state index in [9.17, 15) is 4.79 Å². The highest BCUT2D eigenvalue weighted by molar-refractivity contribution is 5.92. The monoisotopic (exact) mass is 311 g/mol. The number of nitrogens with zero attached hydrogens (tertiary/aromatic N) is 2. The lowest BCUT2D eigenvalue weighted by atomic mass is 10.1. The van der Waals surface area contributed by atoms with Gasteiger partial charge in [-0.1, -0.05) is 36.4 Å². The van der Waals surface area contributed by atoms with Gasteiger partial charge in [0.1, 0.15) is 5.69 Å². The number of morpholine rings is 1. The van der Waals surface area contributed by atoms with Gasteiger partial charge in [0.05, 0.1) is 19.3 Å². The van der Waals surface area contributed by atoms with Crippen LogP contribution in [-0.2, 0) is 4.74 Å². The van der Waals surface area contributed by atoms with Gasteiger partial charge >= 0.3 is 0 Å². The van der Waals surface area contributed by atoms with Crippen molar-refractivity contribution >= 4 is 5.91 Å². The summed E-state index contributed by atoms with van der Waals surface area (Å²) in [6.07, 6.45) is 1.63. The van der Waals surface area contributed by atoms with Crippen LogP contribution >= 0.6 is 0 Å². The highest BCUT2D eigenvalue weighted by Crippen LogP contribution is 2.16. The van der Waals surface area contributed by atoms with Crippen molar-refractivity contribution in [3.8, 4) is 0 Å². The molecule has 0 spiro atoms. The maximum Gasteiger partial charge on any atom is 0.270 e. The second-order valence-corrected chi connectivity index (χ2v) is 5.56. The zero-order valence-electron chi connectivity index (χ0n) is 13.0. The van der Waals surface area contributed by atoms with Crippen LogP contribution in [0.25, 0.3) is 0 Å². The van der Waals surface area contributed by atoms with Gasteiger partial charge in [0.25, 0.3) is 5.91 Å². The number of nitrogens with one attached hydrogen (secondary N) is 1. The zero-order chi connectivity index (χ0) is 15.9. The lowest BCUT2D eigenvalue weighted by Gasteiger charge is -2.31. The van der Waals surface area contributed by atoms with E-state index in [4.69, 9.17) is 4.74 Å². The molecule has 2 heterocycles. The van der Waals surface area contributed by atoms with E-state index in [0.717, 1.165) is 38.4 Å².